The molecule has 1 rings (SSSR count). The minimum absolute atomic E-state index is 0.122. The van der Waals surface area contributed by atoms with E-state index in [1.165, 1.54) is 6.07 Å². The first kappa shape index (κ1) is 17.3. The van der Waals surface area contributed by atoms with E-state index in [-0.39, 0.29) is 5.69 Å². The van der Waals surface area contributed by atoms with Crippen LogP contribution in [0.4, 0.5) is 23.2 Å². The summed E-state index contributed by atoms with van der Waals surface area (Å²) >= 11 is 0. The summed E-state index contributed by atoms with van der Waals surface area (Å²) < 4.78 is 51.7. The maximum Gasteiger partial charge on any atom is 0.406 e. The number of rotatable bonds is 5. The summed E-state index contributed by atoms with van der Waals surface area (Å²) in [5.41, 5.74) is 5.16. The van der Waals surface area contributed by atoms with Crippen molar-refractivity contribution < 1.29 is 22.4 Å². The predicted molar refractivity (Wildman–Crippen MR) is 72.3 cm³/mol. The number of nitrogens with zero attached hydrogens (tertiary/aromatic N) is 1. The molecular formula is C14H18F4N2O. The zero-order valence-electron chi connectivity index (χ0n) is 11.9. The van der Waals surface area contributed by atoms with Crippen molar-refractivity contribution in [1.82, 2.24) is 4.90 Å². The van der Waals surface area contributed by atoms with Gasteiger partial charge in [-0.25, -0.2) is 4.39 Å². The van der Waals surface area contributed by atoms with Crippen molar-refractivity contribution in [3.8, 4) is 0 Å². The van der Waals surface area contributed by atoms with Crippen LogP contribution in [0.5, 0.6) is 0 Å². The zero-order valence-corrected chi connectivity index (χ0v) is 11.9. The number of alkyl halides is 3. The summed E-state index contributed by atoms with van der Waals surface area (Å²) in [5.74, 6) is -1.88. The number of hydrogen-bond acceptors (Lipinski definition) is 2. The molecule has 0 saturated heterocycles. The smallest absolute Gasteiger partial charge is 0.399 e. The maximum absolute atomic E-state index is 13.7. The van der Waals surface area contributed by atoms with Crippen LogP contribution in [0.15, 0.2) is 18.2 Å². The quantitative estimate of drug-likeness (QED) is 0.667. The normalized spacial score (nSPS) is 11.8. The van der Waals surface area contributed by atoms with E-state index >= 15 is 0 Å². The van der Waals surface area contributed by atoms with Crippen LogP contribution in [0.3, 0.4) is 0 Å². The molecule has 7 heteroatoms. The summed E-state index contributed by atoms with van der Waals surface area (Å²) in [6.07, 6.45) is -3.85. The molecule has 0 aliphatic heterocycles. The largest absolute Gasteiger partial charge is 0.406 e. The van der Waals surface area contributed by atoms with Gasteiger partial charge in [-0.05, 0) is 31.0 Å². The van der Waals surface area contributed by atoms with Gasteiger partial charge >= 0.3 is 6.18 Å². The fraction of sp³-hybridized carbons (Fsp3) is 0.500. The Hall–Kier alpha value is -1.79. The molecule has 0 bridgehead atoms. The second kappa shape index (κ2) is 6.78. The number of carbonyl (C=O) groups excluding carboxylic acids is 1. The van der Waals surface area contributed by atoms with Crippen LogP contribution in [0.1, 0.15) is 37.0 Å². The highest BCUT2D eigenvalue weighted by atomic mass is 19.4. The average Bonchev–Trinajstić information content (AvgIpc) is 2.39. The highest BCUT2D eigenvalue weighted by Crippen LogP contribution is 2.24. The van der Waals surface area contributed by atoms with Crippen molar-refractivity contribution in [3.63, 3.8) is 0 Å². The van der Waals surface area contributed by atoms with E-state index in [4.69, 9.17) is 5.73 Å². The monoisotopic (exact) mass is 306 g/mol. The Bertz CT molecular complexity index is 498. The van der Waals surface area contributed by atoms with Gasteiger partial charge in [-0.15, -0.1) is 0 Å². The molecule has 0 aliphatic rings. The molecule has 3 nitrogen and oxygen atoms in total. The molecule has 0 aliphatic carbocycles. The fourth-order valence-corrected chi connectivity index (χ4v) is 2.15. The summed E-state index contributed by atoms with van der Waals surface area (Å²) in [4.78, 5) is 12.9. The Morgan fingerprint density at radius 3 is 2.33 bits per heavy atom. The van der Waals surface area contributed by atoms with Crippen LogP contribution in [0, 0.1) is 5.82 Å². The number of nitrogen functional groups attached to an aromatic ring is 1. The van der Waals surface area contributed by atoms with Gasteiger partial charge in [0.1, 0.15) is 12.4 Å². The number of benzene rings is 1. The van der Waals surface area contributed by atoms with E-state index < -0.39 is 36.1 Å². The van der Waals surface area contributed by atoms with E-state index in [2.05, 4.69) is 0 Å². The zero-order chi connectivity index (χ0) is 16.2. The number of halogens is 4. The van der Waals surface area contributed by atoms with Crippen LogP contribution < -0.4 is 5.73 Å². The Labute approximate surface area is 120 Å². The molecule has 0 fully saturated rings. The molecule has 2 N–H and O–H groups in total. The standard InChI is InChI=1S/C14H18F4N2O/c1-3-10(4-2)20(8-14(16,17)18)13(21)11-7-9(19)5-6-12(11)15/h5-7,10H,3-4,8,19H2,1-2H3. The molecule has 0 heterocycles. The Morgan fingerprint density at radius 2 is 1.86 bits per heavy atom. The summed E-state index contributed by atoms with van der Waals surface area (Å²) in [6, 6.07) is 2.67. The van der Waals surface area contributed by atoms with E-state index in [0.717, 1.165) is 12.1 Å². The van der Waals surface area contributed by atoms with E-state index in [0.29, 0.717) is 17.7 Å². The molecule has 0 atom stereocenters. The number of carbonyl (C=O) groups is 1. The van der Waals surface area contributed by atoms with E-state index in [1.54, 1.807) is 13.8 Å². The lowest BCUT2D eigenvalue weighted by Gasteiger charge is -2.31. The number of anilines is 1. The molecule has 118 valence electrons. The number of nitrogens with two attached hydrogens (primary N) is 1. The van der Waals surface area contributed by atoms with Crippen molar-refractivity contribution in [3.05, 3.63) is 29.6 Å². The van der Waals surface area contributed by atoms with Crippen LogP contribution in [-0.2, 0) is 0 Å². The first-order valence-electron chi connectivity index (χ1n) is 6.62. The minimum atomic E-state index is -4.55. The third kappa shape index (κ3) is 4.61. The van der Waals surface area contributed by atoms with E-state index in [1.807, 2.05) is 0 Å². The van der Waals surface area contributed by atoms with Gasteiger partial charge < -0.3 is 10.6 Å². The van der Waals surface area contributed by atoms with Crippen LogP contribution in [-0.4, -0.2) is 29.6 Å². The Balaban J connectivity index is 3.18. The highest BCUT2D eigenvalue weighted by Gasteiger charge is 2.36. The molecule has 1 amide bonds. The van der Waals surface area contributed by atoms with Gasteiger partial charge in [0.25, 0.3) is 5.91 Å². The van der Waals surface area contributed by atoms with Crippen LogP contribution in [0.25, 0.3) is 0 Å². The summed E-state index contributed by atoms with van der Waals surface area (Å²) in [7, 11) is 0. The van der Waals surface area contributed by atoms with Crippen LogP contribution >= 0.6 is 0 Å². The Kier molecular flexibility index (Phi) is 5.57. The molecule has 21 heavy (non-hydrogen) atoms. The average molecular weight is 306 g/mol. The van der Waals surface area contributed by atoms with Gasteiger partial charge in [0.05, 0.1) is 5.56 Å². The van der Waals surface area contributed by atoms with Crippen molar-refractivity contribution in [1.29, 1.82) is 0 Å². The van der Waals surface area contributed by atoms with Gasteiger partial charge in [-0.3, -0.25) is 4.79 Å². The van der Waals surface area contributed by atoms with E-state index in [9.17, 15) is 22.4 Å². The highest BCUT2D eigenvalue weighted by molar-refractivity contribution is 5.95. The SMILES string of the molecule is CCC(CC)N(CC(F)(F)F)C(=O)c1cc(N)ccc1F. The molecule has 1 aromatic rings. The van der Waals surface area contributed by atoms with Crippen LogP contribution in [0.2, 0.25) is 0 Å². The molecule has 0 unspecified atom stereocenters. The molecule has 0 radical (unpaired) electrons. The van der Waals surface area contributed by atoms with Gasteiger partial charge in [0.2, 0.25) is 0 Å². The first-order valence-corrected chi connectivity index (χ1v) is 6.62. The van der Waals surface area contributed by atoms with Gasteiger partial charge in [0, 0.05) is 11.7 Å². The minimum Gasteiger partial charge on any atom is -0.399 e. The topological polar surface area (TPSA) is 46.3 Å². The van der Waals surface area contributed by atoms with Gasteiger partial charge in [-0.2, -0.15) is 13.2 Å². The van der Waals surface area contributed by atoms with Crippen molar-refractivity contribution in [2.45, 2.75) is 38.9 Å². The molecular weight excluding hydrogens is 288 g/mol. The van der Waals surface area contributed by atoms with Gasteiger partial charge in [0.15, 0.2) is 0 Å². The fourth-order valence-electron chi connectivity index (χ4n) is 2.15. The third-order valence-corrected chi connectivity index (χ3v) is 3.21. The summed E-state index contributed by atoms with van der Waals surface area (Å²) in [5, 5.41) is 0. The van der Waals surface area contributed by atoms with Crippen molar-refractivity contribution in [2.75, 3.05) is 12.3 Å². The first-order chi connectivity index (χ1) is 9.69. The molecule has 0 saturated carbocycles. The van der Waals surface area contributed by atoms with Crippen molar-refractivity contribution >= 4 is 11.6 Å². The lowest BCUT2D eigenvalue weighted by molar-refractivity contribution is -0.145. The summed E-state index contributed by atoms with van der Waals surface area (Å²) in [6.45, 7) is 1.95. The second-order valence-corrected chi connectivity index (χ2v) is 4.76. The third-order valence-electron chi connectivity index (χ3n) is 3.21. The second-order valence-electron chi connectivity index (χ2n) is 4.76. The predicted octanol–water partition coefficient (Wildman–Crippen LogP) is 3.60. The van der Waals surface area contributed by atoms with Crippen molar-refractivity contribution in [2.24, 2.45) is 0 Å². The molecule has 0 aromatic heterocycles. The molecule has 0 spiro atoms. The lowest BCUT2D eigenvalue weighted by atomic mass is 10.1. The molecule has 1 aromatic carbocycles. The Morgan fingerprint density at radius 1 is 1.29 bits per heavy atom. The number of hydrogen-bond donors (Lipinski definition) is 1. The lowest BCUT2D eigenvalue weighted by Crippen LogP contribution is -2.45. The number of amides is 1. The maximum atomic E-state index is 13.7. The van der Waals surface area contributed by atoms with Gasteiger partial charge in [-0.1, -0.05) is 13.8 Å².